The van der Waals surface area contributed by atoms with E-state index in [1.807, 2.05) is 0 Å². The number of aliphatic hydroxyl groups is 2. The van der Waals surface area contributed by atoms with E-state index >= 15 is 0 Å². The van der Waals surface area contributed by atoms with Gasteiger partial charge in [0.25, 0.3) is 0 Å². The fraction of sp³-hybridized carbons (Fsp3) is 0.500. The Hall–Kier alpha value is -1.30. The van der Waals surface area contributed by atoms with E-state index in [-0.39, 0.29) is 19.0 Å². The number of hydrogen-bond acceptors (Lipinski definition) is 5. The first-order chi connectivity index (χ1) is 8.06. The Labute approximate surface area is 101 Å². The Morgan fingerprint density at radius 2 is 1.94 bits per heavy atom. The predicted octanol–water partition coefficient (Wildman–Crippen LogP) is 0.234. The van der Waals surface area contributed by atoms with Gasteiger partial charge < -0.3 is 25.4 Å². The van der Waals surface area contributed by atoms with Gasteiger partial charge in [-0.3, -0.25) is 0 Å². The van der Waals surface area contributed by atoms with Crippen molar-refractivity contribution in [1.82, 2.24) is 5.32 Å². The number of ether oxygens (including phenoxy) is 1. The van der Waals surface area contributed by atoms with Crippen LogP contribution in [0.2, 0.25) is 0 Å². The third-order valence-electron chi connectivity index (χ3n) is 2.71. The number of nitrogens with one attached hydrogen (secondary N) is 1. The van der Waals surface area contributed by atoms with Gasteiger partial charge in [0.15, 0.2) is 11.5 Å². The highest BCUT2D eigenvalue weighted by Gasteiger charge is 2.21. The molecule has 0 saturated heterocycles. The number of methoxy groups -OCH3 is 1. The number of rotatable bonds is 6. The van der Waals surface area contributed by atoms with Crippen molar-refractivity contribution >= 4 is 0 Å². The summed E-state index contributed by atoms with van der Waals surface area (Å²) in [5.41, 5.74) is -0.118. The highest BCUT2D eigenvalue weighted by molar-refractivity contribution is 5.45. The molecule has 1 rings (SSSR count). The highest BCUT2D eigenvalue weighted by Crippen LogP contribution is 2.29. The number of benzene rings is 1. The van der Waals surface area contributed by atoms with E-state index < -0.39 is 5.54 Å². The minimum Gasteiger partial charge on any atom is -0.504 e. The van der Waals surface area contributed by atoms with Crippen LogP contribution in [-0.2, 0) is 6.54 Å². The molecule has 17 heavy (non-hydrogen) atoms. The van der Waals surface area contributed by atoms with Crippen LogP contribution in [0.5, 0.6) is 11.5 Å². The molecule has 0 aliphatic rings. The summed E-state index contributed by atoms with van der Waals surface area (Å²) >= 11 is 0. The van der Waals surface area contributed by atoms with Crippen molar-refractivity contribution in [2.24, 2.45) is 0 Å². The van der Waals surface area contributed by atoms with E-state index in [9.17, 15) is 5.11 Å². The van der Waals surface area contributed by atoms with Crippen LogP contribution in [0.1, 0.15) is 12.5 Å². The Morgan fingerprint density at radius 3 is 2.47 bits per heavy atom. The van der Waals surface area contributed by atoms with E-state index in [4.69, 9.17) is 14.9 Å². The lowest BCUT2D eigenvalue weighted by Gasteiger charge is -2.26. The van der Waals surface area contributed by atoms with Crippen molar-refractivity contribution in [3.05, 3.63) is 23.8 Å². The third kappa shape index (κ3) is 3.33. The molecule has 0 atom stereocenters. The van der Waals surface area contributed by atoms with Crippen LogP contribution in [0.4, 0.5) is 0 Å². The monoisotopic (exact) mass is 241 g/mol. The number of phenols is 1. The second-order valence-electron chi connectivity index (χ2n) is 4.20. The fourth-order valence-corrected chi connectivity index (χ4v) is 1.35. The summed E-state index contributed by atoms with van der Waals surface area (Å²) in [5.74, 6) is 0.472. The highest BCUT2D eigenvalue weighted by atomic mass is 16.5. The third-order valence-corrected chi connectivity index (χ3v) is 2.71. The molecule has 96 valence electrons. The SMILES string of the molecule is COc1cccc(CNC(C)(CO)CO)c1O. The molecule has 0 aliphatic carbocycles. The fourth-order valence-electron chi connectivity index (χ4n) is 1.35. The summed E-state index contributed by atoms with van der Waals surface area (Å²) in [5, 5.41) is 31.1. The Morgan fingerprint density at radius 1 is 1.29 bits per heavy atom. The van der Waals surface area contributed by atoms with Crippen LogP contribution in [-0.4, -0.2) is 41.2 Å². The Bertz CT molecular complexity index is 364. The summed E-state index contributed by atoms with van der Waals surface area (Å²) in [4.78, 5) is 0. The minimum atomic E-state index is -0.768. The number of phenolic OH excluding ortho intramolecular Hbond substituents is 1. The summed E-state index contributed by atoms with van der Waals surface area (Å²) < 4.78 is 4.99. The lowest BCUT2D eigenvalue weighted by atomic mass is 10.0. The lowest BCUT2D eigenvalue weighted by Crippen LogP contribution is -2.48. The van der Waals surface area contributed by atoms with Gasteiger partial charge in [0.2, 0.25) is 0 Å². The van der Waals surface area contributed by atoms with Crippen molar-refractivity contribution in [3.63, 3.8) is 0 Å². The second kappa shape index (κ2) is 5.86. The molecule has 5 heteroatoms. The molecule has 0 bridgehead atoms. The number of hydrogen-bond donors (Lipinski definition) is 4. The van der Waals surface area contributed by atoms with Crippen molar-refractivity contribution in [2.45, 2.75) is 19.0 Å². The van der Waals surface area contributed by atoms with Crippen molar-refractivity contribution in [3.8, 4) is 11.5 Å². The van der Waals surface area contributed by atoms with Gasteiger partial charge in [0, 0.05) is 12.1 Å². The zero-order valence-corrected chi connectivity index (χ0v) is 10.1. The molecule has 1 aromatic carbocycles. The second-order valence-corrected chi connectivity index (χ2v) is 4.20. The molecule has 0 radical (unpaired) electrons. The average Bonchev–Trinajstić information content (AvgIpc) is 2.37. The summed E-state index contributed by atoms with van der Waals surface area (Å²) in [7, 11) is 1.48. The maximum Gasteiger partial charge on any atom is 0.162 e. The molecule has 1 aromatic rings. The van der Waals surface area contributed by atoms with E-state index in [1.54, 1.807) is 25.1 Å². The van der Waals surface area contributed by atoms with Gasteiger partial charge in [-0.05, 0) is 13.0 Å². The van der Waals surface area contributed by atoms with Gasteiger partial charge in [-0.15, -0.1) is 0 Å². The largest absolute Gasteiger partial charge is 0.504 e. The first kappa shape index (κ1) is 13.8. The van der Waals surface area contributed by atoms with Crippen molar-refractivity contribution < 1.29 is 20.1 Å². The molecule has 0 spiro atoms. The van der Waals surface area contributed by atoms with Crippen LogP contribution in [0, 0.1) is 0 Å². The van der Waals surface area contributed by atoms with Crippen LogP contribution < -0.4 is 10.1 Å². The maximum absolute atomic E-state index is 9.84. The molecular weight excluding hydrogens is 222 g/mol. The van der Waals surface area contributed by atoms with E-state index in [0.717, 1.165) is 0 Å². The van der Waals surface area contributed by atoms with E-state index in [2.05, 4.69) is 5.32 Å². The molecule has 4 N–H and O–H groups in total. The molecular formula is C12H19NO4. The molecule has 0 aliphatic heterocycles. The van der Waals surface area contributed by atoms with Crippen LogP contribution in [0.25, 0.3) is 0 Å². The zero-order valence-electron chi connectivity index (χ0n) is 10.1. The standard InChI is InChI=1S/C12H19NO4/c1-12(7-14,8-15)13-6-9-4-3-5-10(17-2)11(9)16/h3-5,13-16H,6-8H2,1-2H3. The molecule has 5 nitrogen and oxygen atoms in total. The maximum atomic E-state index is 9.84. The van der Waals surface area contributed by atoms with Crippen molar-refractivity contribution in [1.29, 1.82) is 0 Å². The summed E-state index contributed by atoms with van der Waals surface area (Å²) in [6, 6.07) is 5.18. The summed E-state index contributed by atoms with van der Waals surface area (Å²) in [6.07, 6.45) is 0. The predicted molar refractivity (Wildman–Crippen MR) is 64.1 cm³/mol. The smallest absolute Gasteiger partial charge is 0.162 e. The van der Waals surface area contributed by atoms with Gasteiger partial charge >= 0.3 is 0 Å². The first-order valence-corrected chi connectivity index (χ1v) is 5.38. The van der Waals surface area contributed by atoms with Gasteiger partial charge in [-0.1, -0.05) is 12.1 Å². The molecule has 0 saturated carbocycles. The number of para-hydroxylation sites is 1. The Kier molecular flexibility index (Phi) is 4.74. The lowest BCUT2D eigenvalue weighted by molar-refractivity contribution is 0.103. The van der Waals surface area contributed by atoms with Crippen LogP contribution in [0.3, 0.4) is 0 Å². The molecule has 0 aromatic heterocycles. The topological polar surface area (TPSA) is 82.0 Å². The number of aromatic hydroxyl groups is 1. The molecule has 0 heterocycles. The quantitative estimate of drug-likeness (QED) is 0.573. The van der Waals surface area contributed by atoms with Crippen LogP contribution in [0.15, 0.2) is 18.2 Å². The van der Waals surface area contributed by atoms with Crippen LogP contribution >= 0.6 is 0 Å². The molecule has 0 amide bonds. The summed E-state index contributed by atoms with van der Waals surface area (Å²) in [6.45, 7) is 1.66. The Balaban J connectivity index is 2.76. The minimum absolute atomic E-state index is 0.0701. The van der Waals surface area contributed by atoms with Gasteiger partial charge in [-0.25, -0.2) is 0 Å². The van der Waals surface area contributed by atoms with E-state index in [1.165, 1.54) is 7.11 Å². The number of aliphatic hydroxyl groups excluding tert-OH is 2. The van der Waals surface area contributed by atoms with E-state index in [0.29, 0.717) is 17.9 Å². The van der Waals surface area contributed by atoms with Gasteiger partial charge in [0.05, 0.1) is 25.9 Å². The van der Waals surface area contributed by atoms with Crippen molar-refractivity contribution in [2.75, 3.05) is 20.3 Å². The molecule has 0 fully saturated rings. The average molecular weight is 241 g/mol. The normalized spacial score (nSPS) is 11.5. The molecule has 0 unspecified atom stereocenters. The zero-order chi connectivity index (χ0) is 12.9. The van der Waals surface area contributed by atoms with Gasteiger partial charge in [0.1, 0.15) is 0 Å². The van der Waals surface area contributed by atoms with Gasteiger partial charge in [-0.2, -0.15) is 0 Å². The first-order valence-electron chi connectivity index (χ1n) is 5.38.